The van der Waals surface area contributed by atoms with E-state index in [9.17, 15) is 8.78 Å². The summed E-state index contributed by atoms with van der Waals surface area (Å²) in [6, 6.07) is 7.53. The van der Waals surface area contributed by atoms with Crippen LogP contribution in [0.2, 0.25) is 0 Å². The maximum absolute atomic E-state index is 14.1. The van der Waals surface area contributed by atoms with Gasteiger partial charge in [-0.1, -0.05) is 0 Å². The Balaban J connectivity index is 0.00000385. The number of rotatable bonds is 8. The molecule has 3 rings (SSSR count). The summed E-state index contributed by atoms with van der Waals surface area (Å²) in [5, 5.41) is 6.65. The molecule has 0 aliphatic carbocycles. The van der Waals surface area contributed by atoms with Gasteiger partial charge in [-0.2, -0.15) is 0 Å². The van der Waals surface area contributed by atoms with Gasteiger partial charge in [0, 0.05) is 38.8 Å². The van der Waals surface area contributed by atoms with E-state index in [1.165, 1.54) is 12.1 Å². The van der Waals surface area contributed by atoms with Crippen LogP contribution in [0.15, 0.2) is 35.3 Å². The van der Waals surface area contributed by atoms with Crippen molar-refractivity contribution in [3.63, 3.8) is 0 Å². The van der Waals surface area contributed by atoms with Crippen LogP contribution in [-0.4, -0.2) is 53.0 Å². The van der Waals surface area contributed by atoms with Crippen molar-refractivity contribution < 1.29 is 23.0 Å². The van der Waals surface area contributed by atoms with Crippen molar-refractivity contribution in [3.8, 4) is 17.2 Å². The second kappa shape index (κ2) is 12.7. The van der Waals surface area contributed by atoms with Crippen LogP contribution in [0, 0.1) is 11.6 Å². The van der Waals surface area contributed by atoms with Crippen LogP contribution in [0.1, 0.15) is 18.9 Å². The van der Waals surface area contributed by atoms with E-state index in [0.29, 0.717) is 55.1 Å². The fraction of sp³-hybridized carbons (Fsp3) is 0.435. The van der Waals surface area contributed by atoms with Crippen molar-refractivity contribution in [1.82, 2.24) is 10.6 Å². The fourth-order valence-corrected chi connectivity index (χ4v) is 3.73. The first-order valence-corrected chi connectivity index (χ1v) is 10.5. The Morgan fingerprint density at radius 3 is 2.42 bits per heavy atom. The first-order chi connectivity index (χ1) is 15.5. The quantitative estimate of drug-likeness (QED) is 0.282. The van der Waals surface area contributed by atoms with Gasteiger partial charge in [0.15, 0.2) is 17.5 Å². The molecule has 1 aliphatic heterocycles. The van der Waals surface area contributed by atoms with Crippen molar-refractivity contribution >= 4 is 35.6 Å². The second-order valence-corrected chi connectivity index (χ2v) is 7.36. The lowest BCUT2D eigenvalue weighted by molar-refractivity contribution is 0.288. The highest BCUT2D eigenvalue weighted by molar-refractivity contribution is 14.0. The lowest BCUT2D eigenvalue weighted by atomic mass is 10.1. The number of methoxy groups -OCH3 is 2. The molecule has 1 unspecified atom stereocenters. The first kappa shape index (κ1) is 26.7. The molecule has 1 atom stereocenters. The molecule has 0 saturated carbocycles. The predicted octanol–water partition coefficient (Wildman–Crippen LogP) is 3.94. The summed E-state index contributed by atoms with van der Waals surface area (Å²) in [4.78, 5) is 6.20. The molecule has 0 spiro atoms. The zero-order valence-electron chi connectivity index (χ0n) is 19.3. The van der Waals surface area contributed by atoms with E-state index < -0.39 is 11.6 Å². The Morgan fingerprint density at radius 2 is 1.85 bits per heavy atom. The lowest BCUT2D eigenvalue weighted by Gasteiger charge is -2.21. The highest BCUT2D eigenvalue weighted by Gasteiger charge is 2.25. The molecule has 0 bridgehead atoms. The Labute approximate surface area is 210 Å². The molecule has 2 N–H and O–H groups in total. The molecular formula is C23H31F2IN4O3. The highest BCUT2D eigenvalue weighted by Crippen LogP contribution is 2.38. The molecule has 2 aromatic carbocycles. The van der Waals surface area contributed by atoms with Crippen molar-refractivity contribution in [2.75, 3.05) is 45.9 Å². The van der Waals surface area contributed by atoms with E-state index in [1.54, 1.807) is 21.3 Å². The number of hydrogen-bond donors (Lipinski definition) is 2. The van der Waals surface area contributed by atoms with Gasteiger partial charge in [-0.25, -0.2) is 8.78 Å². The number of nitrogens with zero attached hydrogens (tertiary/aromatic N) is 2. The number of benzene rings is 2. The Hall–Kier alpha value is -2.50. The number of hydrogen-bond acceptors (Lipinski definition) is 5. The molecule has 0 amide bonds. The average Bonchev–Trinajstić information content (AvgIpc) is 3.25. The van der Waals surface area contributed by atoms with Crippen molar-refractivity contribution in [1.29, 1.82) is 0 Å². The summed E-state index contributed by atoms with van der Waals surface area (Å²) in [7, 11) is 4.87. The highest BCUT2D eigenvalue weighted by atomic mass is 127. The molecule has 2 aromatic rings. The van der Waals surface area contributed by atoms with Gasteiger partial charge in [-0.3, -0.25) is 4.99 Å². The maximum atomic E-state index is 14.1. The number of anilines is 1. The number of ether oxygens (including phenoxy) is 3. The molecular weight excluding hydrogens is 545 g/mol. The van der Waals surface area contributed by atoms with Crippen molar-refractivity contribution in [2.45, 2.75) is 25.9 Å². The smallest absolute Gasteiger partial charge is 0.203 e. The molecule has 1 saturated heterocycles. The summed E-state index contributed by atoms with van der Waals surface area (Å²) in [6.45, 7) is 4.15. The molecule has 182 valence electrons. The van der Waals surface area contributed by atoms with Crippen LogP contribution in [0.4, 0.5) is 14.5 Å². The molecule has 1 heterocycles. The monoisotopic (exact) mass is 576 g/mol. The minimum atomic E-state index is -0.577. The van der Waals surface area contributed by atoms with Crippen LogP contribution in [0.3, 0.4) is 0 Å². The maximum Gasteiger partial charge on any atom is 0.203 e. The first-order valence-electron chi connectivity index (χ1n) is 10.5. The SMILES string of the molecule is CCOc1c(OC)cc(CNC(=NC)NC2CCN(c3ccc(F)cc3F)C2)cc1OC.I. The van der Waals surface area contributed by atoms with Crippen LogP contribution in [0.25, 0.3) is 0 Å². The molecule has 7 nitrogen and oxygen atoms in total. The van der Waals surface area contributed by atoms with E-state index in [2.05, 4.69) is 15.6 Å². The van der Waals surface area contributed by atoms with E-state index in [1.807, 2.05) is 24.0 Å². The summed E-state index contributed by atoms with van der Waals surface area (Å²) in [5.41, 5.74) is 1.35. The fourth-order valence-electron chi connectivity index (χ4n) is 3.73. The summed E-state index contributed by atoms with van der Waals surface area (Å²) >= 11 is 0. The number of nitrogens with one attached hydrogen (secondary N) is 2. The lowest BCUT2D eigenvalue weighted by Crippen LogP contribution is -2.44. The number of guanidine groups is 1. The standard InChI is InChI=1S/C23H30F2N4O3.HI/c1-5-32-22-20(30-3)10-15(11-21(22)31-4)13-27-23(26-2)28-17-8-9-29(14-17)19-7-6-16(24)12-18(19)25;/h6-7,10-12,17H,5,8-9,13-14H2,1-4H3,(H2,26,27,28);1H. The van der Waals surface area contributed by atoms with Crippen molar-refractivity contribution in [2.24, 2.45) is 4.99 Å². The van der Waals surface area contributed by atoms with E-state index in [0.717, 1.165) is 18.1 Å². The summed E-state index contributed by atoms with van der Waals surface area (Å²) in [5.74, 6) is 1.27. The third-order valence-corrected chi connectivity index (χ3v) is 5.27. The van der Waals surface area contributed by atoms with Gasteiger partial charge in [-0.05, 0) is 43.2 Å². The molecule has 0 radical (unpaired) electrons. The van der Waals surface area contributed by atoms with Gasteiger partial charge >= 0.3 is 0 Å². The summed E-state index contributed by atoms with van der Waals surface area (Å²) < 4.78 is 43.8. The third kappa shape index (κ3) is 6.75. The van der Waals surface area contributed by atoms with Gasteiger partial charge in [0.05, 0.1) is 26.5 Å². The molecule has 1 aliphatic rings. The van der Waals surface area contributed by atoms with Crippen LogP contribution < -0.4 is 29.7 Å². The minimum Gasteiger partial charge on any atom is -0.493 e. The normalized spacial score (nSPS) is 15.6. The minimum absolute atomic E-state index is 0. The van der Waals surface area contributed by atoms with Gasteiger partial charge in [-0.15, -0.1) is 24.0 Å². The van der Waals surface area contributed by atoms with Crippen LogP contribution in [-0.2, 0) is 6.54 Å². The molecule has 10 heteroatoms. The van der Waals surface area contributed by atoms with Crippen molar-refractivity contribution in [3.05, 3.63) is 47.5 Å². The van der Waals surface area contributed by atoms with Gasteiger partial charge in [0.1, 0.15) is 11.6 Å². The Morgan fingerprint density at radius 1 is 1.15 bits per heavy atom. The van der Waals surface area contributed by atoms with Crippen LogP contribution >= 0.6 is 24.0 Å². The van der Waals surface area contributed by atoms with E-state index in [-0.39, 0.29) is 30.0 Å². The second-order valence-electron chi connectivity index (χ2n) is 7.36. The number of aliphatic imine (C=N–C) groups is 1. The van der Waals surface area contributed by atoms with E-state index in [4.69, 9.17) is 14.2 Å². The van der Waals surface area contributed by atoms with Gasteiger partial charge < -0.3 is 29.7 Å². The number of halogens is 3. The Bertz CT molecular complexity index is 936. The topological polar surface area (TPSA) is 67.4 Å². The van der Waals surface area contributed by atoms with Gasteiger partial charge in [0.25, 0.3) is 0 Å². The predicted molar refractivity (Wildman–Crippen MR) is 136 cm³/mol. The zero-order chi connectivity index (χ0) is 23.1. The average molecular weight is 576 g/mol. The molecule has 0 aromatic heterocycles. The third-order valence-electron chi connectivity index (χ3n) is 5.27. The zero-order valence-corrected chi connectivity index (χ0v) is 21.6. The van der Waals surface area contributed by atoms with Crippen LogP contribution in [0.5, 0.6) is 17.2 Å². The molecule has 33 heavy (non-hydrogen) atoms. The Kier molecular flexibility index (Phi) is 10.3. The summed E-state index contributed by atoms with van der Waals surface area (Å²) in [6.07, 6.45) is 0.808. The van der Waals surface area contributed by atoms with E-state index >= 15 is 0 Å². The largest absolute Gasteiger partial charge is 0.493 e. The van der Waals surface area contributed by atoms with Gasteiger partial charge in [0.2, 0.25) is 5.75 Å². The molecule has 1 fully saturated rings.